The molecule has 1 saturated heterocycles. The molecule has 3 amide bonds. The van der Waals surface area contributed by atoms with Crippen molar-refractivity contribution in [3.63, 3.8) is 0 Å². The van der Waals surface area contributed by atoms with Crippen LogP contribution in [0, 0.1) is 17.8 Å². The number of carbonyl (C=O) groups is 3. The van der Waals surface area contributed by atoms with Crippen molar-refractivity contribution in [2.45, 2.75) is 64.3 Å². The van der Waals surface area contributed by atoms with E-state index in [2.05, 4.69) is 16.9 Å². The van der Waals surface area contributed by atoms with Crippen molar-refractivity contribution in [2.24, 2.45) is 17.8 Å². The van der Waals surface area contributed by atoms with Gasteiger partial charge < -0.3 is 10.6 Å². The van der Waals surface area contributed by atoms with Gasteiger partial charge in [-0.25, -0.2) is 4.98 Å². The lowest BCUT2D eigenvalue weighted by Crippen LogP contribution is -2.69. The second-order valence-corrected chi connectivity index (χ2v) is 9.82. The number of nitrogen functional groups attached to an aromatic ring is 1. The molecule has 8 nitrogen and oxygen atoms in total. The number of aromatic nitrogens is 2. The maximum absolute atomic E-state index is 13.6. The van der Waals surface area contributed by atoms with E-state index in [9.17, 15) is 14.4 Å². The Balaban J connectivity index is 1.56. The molecule has 0 radical (unpaired) electrons. The Morgan fingerprint density at radius 2 is 1.86 bits per heavy atom. The second kappa shape index (κ2) is 11.0. The molecule has 3 atom stereocenters. The number of amides is 3. The molecule has 35 heavy (non-hydrogen) atoms. The number of hydrogen-bond donors (Lipinski definition) is 1. The van der Waals surface area contributed by atoms with Gasteiger partial charge in [0.05, 0.1) is 5.92 Å². The Hall–Kier alpha value is -3.29. The first-order chi connectivity index (χ1) is 16.9. The van der Waals surface area contributed by atoms with Crippen molar-refractivity contribution >= 4 is 29.2 Å². The van der Waals surface area contributed by atoms with E-state index < -0.39 is 12.0 Å². The van der Waals surface area contributed by atoms with Gasteiger partial charge in [0.25, 0.3) is 5.91 Å². The Labute approximate surface area is 206 Å². The summed E-state index contributed by atoms with van der Waals surface area (Å²) in [6.07, 6.45) is 12.3. The van der Waals surface area contributed by atoms with Crippen LogP contribution < -0.4 is 10.6 Å². The summed E-state index contributed by atoms with van der Waals surface area (Å²) in [5.74, 6) is -0.308. The molecule has 0 spiro atoms. The number of imide groups is 1. The predicted octanol–water partition coefficient (Wildman–Crippen LogP) is 3.61. The molecule has 0 unspecified atom stereocenters. The normalized spacial score (nSPS) is 21.3. The molecule has 1 saturated carbocycles. The third-order valence-corrected chi connectivity index (χ3v) is 7.70. The monoisotopic (exact) mass is 477 g/mol. The highest BCUT2D eigenvalue weighted by molar-refractivity contribution is 6.12. The molecule has 1 aliphatic heterocycles. The van der Waals surface area contributed by atoms with E-state index in [0.717, 1.165) is 24.8 Å². The zero-order valence-electron chi connectivity index (χ0n) is 20.6. The highest BCUT2D eigenvalue weighted by Gasteiger charge is 2.55. The van der Waals surface area contributed by atoms with E-state index in [1.807, 2.05) is 0 Å². The molecule has 186 valence electrons. The maximum atomic E-state index is 13.6. The van der Waals surface area contributed by atoms with Crippen molar-refractivity contribution in [1.82, 2.24) is 14.9 Å². The third kappa shape index (κ3) is 5.36. The minimum atomic E-state index is -0.841. The maximum Gasteiger partial charge on any atom is 0.250 e. The fourth-order valence-electron chi connectivity index (χ4n) is 5.65. The SMILES string of the molecule is CC[C@@H](CC(=O)N1C(=O)[C@H](Cc2ccnc(N)c2)[C@H]1C(=O)N(C)c1ccncc1)C1CCCCC1. The summed E-state index contributed by atoms with van der Waals surface area (Å²) in [4.78, 5) is 51.1. The molecular formula is C27H35N5O3. The first-order valence-electron chi connectivity index (χ1n) is 12.6. The minimum absolute atomic E-state index is 0.237. The standard InChI is InChI=1S/C27H35N5O3/c1-3-19(20-7-5-4-6-8-20)17-24(33)32-25(27(35)31(2)21-10-12-29-13-11-21)22(26(32)34)15-18-9-14-30-23(28)16-18/h9-14,16,19-20,22,25H,3-8,15,17H2,1-2H3,(H2,28,30)/t19-,22+,25-/m0/s1. The van der Waals surface area contributed by atoms with Crippen LogP contribution in [-0.4, -0.2) is 45.7 Å². The first kappa shape index (κ1) is 24.8. The van der Waals surface area contributed by atoms with E-state index in [1.165, 1.54) is 29.1 Å². The number of pyridine rings is 2. The molecule has 2 aromatic rings. The molecule has 8 heteroatoms. The van der Waals surface area contributed by atoms with Crippen LogP contribution in [0.15, 0.2) is 42.9 Å². The smallest absolute Gasteiger partial charge is 0.250 e. The van der Waals surface area contributed by atoms with Crippen LogP contribution in [0.25, 0.3) is 0 Å². The fourth-order valence-corrected chi connectivity index (χ4v) is 5.65. The Kier molecular flexibility index (Phi) is 7.78. The van der Waals surface area contributed by atoms with Crippen molar-refractivity contribution in [3.05, 3.63) is 48.4 Å². The van der Waals surface area contributed by atoms with Gasteiger partial charge in [-0.15, -0.1) is 0 Å². The fraction of sp³-hybridized carbons (Fsp3) is 0.519. The minimum Gasteiger partial charge on any atom is -0.384 e. The van der Waals surface area contributed by atoms with E-state index in [-0.39, 0.29) is 23.6 Å². The van der Waals surface area contributed by atoms with Crippen molar-refractivity contribution in [3.8, 4) is 0 Å². The summed E-state index contributed by atoms with van der Waals surface area (Å²) in [5, 5.41) is 0. The van der Waals surface area contributed by atoms with Crippen LogP contribution >= 0.6 is 0 Å². The van der Waals surface area contributed by atoms with Crippen LogP contribution in [0.3, 0.4) is 0 Å². The lowest BCUT2D eigenvalue weighted by molar-refractivity contribution is -0.171. The highest BCUT2D eigenvalue weighted by atomic mass is 16.2. The van der Waals surface area contributed by atoms with Gasteiger partial charge in [0.15, 0.2) is 0 Å². The van der Waals surface area contributed by atoms with Gasteiger partial charge in [-0.05, 0) is 48.1 Å². The summed E-state index contributed by atoms with van der Waals surface area (Å²) < 4.78 is 0. The number of nitrogens with zero attached hydrogens (tertiary/aromatic N) is 4. The summed E-state index contributed by atoms with van der Waals surface area (Å²) in [5.41, 5.74) is 7.31. The first-order valence-corrected chi connectivity index (χ1v) is 12.6. The summed E-state index contributed by atoms with van der Waals surface area (Å²) >= 11 is 0. The number of hydrogen-bond acceptors (Lipinski definition) is 6. The van der Waals surface area contributed by atoms with Crippen molar-refractivity contribution < 1.29 is 14.4 Å². The number of likely N-dealkylation sites (N-methyl/N-ethyl adjacent to an activating group) is 1. The summed E-state index contributed by atoms with van der Waals surface area (Å²) in [6, 6.07) is 6.13. The Bertz CT molecular complexity index is 1050. The van der Waals surface area contributed by atoms with Crippen LogP contribution in [0.4, 0.5) is 11.5 Å². The van der Waals surface area contributed by atoms with Crippen LogP contribution in [0.1, 0.15) is 57.4 Å². The van der Waals surface area contributed by atoms with Crippen LogP contribution in [-0.2, 0) is 20.8 Å². The topological polar surface area (TPSA) is 109 Å². The number of anilines is 2. The predicted molar refractivity (Wildman–Crippen MR) is 134 cm³/mol. The molecule has 3 heterocycles. The number of carbonyl (C=O) groups excluding carboxylic acids is 3. The van der Waals surface area contributed by atoms with Crippen molar-refractivity contribution in [2.75, 3.05) is 17.7 Å². The largest absolute Gasteiger partial charge is 0.384 e. The average Bonchev–Trinajstić information content (AvgIpc) is 2.89. The summed E-state index contributed by atoms with van der Waals surface area (Å²) in [7, 11) is 1.67. The van der Waals surface area contributed by atoms with E-state index in [1.54, 1.807) is 49.9 Å². The molecule has 0 aromatic carbocycles. The molecule has 2 aromatic heterocycles. The molecule has 4 rings (SSSR count). The Morgan fingerprint density at radius 3 is 2.51 bits per heavy atom. The van der Waals surface area contributed by atoms with Gasteiger partial charge >= 0.3 is 0 Å². The lowest BCUT2D eigenvalue weighted by Gasteiger charge is -2.46. The number of likely N-dealkylation sites (tertiary alicyclic amines) is 1. The molecule has 0 bridgehead atoms. The highest BCUT2D eigenvalue weighted by Crippen LogP contribution is 2.37. The molecule has 2 N–H and O–H groups in total. The average molecular weight is 478 g/mol. The van der Waals surface area contributed by atoms with E-state index in [4.69, 9.17) is 5.73 Å². The zero-order valence-corrected chi connectivity index (χ0v) is 20.6. The van der Waals surface area contributed by atoms with Gasteiger partial charge in [0, 0.05) is 37.7 Å². The van der Waals surface area contributed by atoms with Gasteiger partial charge in [-0.2, -0.15) is 0 Å². The number of β-lactam (4-membered cyclic amide) rings is 1. The van der Waals surface area contributed by atoms with E-state index >= 15 is 0 Å². The van der Waals surface area contributed by atoms with Gasteiger partial charge in [-0.1, -0.05) is 45.4 Å². The molecule has 2 aliphatic rings. The lowest BCUT2D eigenvalue weighted by atomic mass is 9.76. The zero-order chi connectivity index (χ0) is 24.9. The van der Waals surface area contributed by atoms with Crippen LogP contribution in [0.5, 0.6) is 0 Å². The van der Waals surface area contributed by atoms with Gasteiger partial charge in [0.2, 0.25) is 11.8 Å². The van der Waals surface area contributed by atoms with Gasteiger partial charge in [0.1, 0.15) is 11.9 Å². The number of rotatable bonds is 8. The second-order valence-electron chi connectivity index (χ2n) is 9.82. The van der Waals surface area contributed by atoms with Gasteiger partial charge in [-0.3, -0.25) is 24.3 Å². The quantitative estimate of drug-likeness (QED) is 0.582. The molecule has 1 aliphatic carbocycles. The van der Waals surface area contributed by atoms with E-state index in [0.29, 0.717) is 30.3 Å². The molecule has 2 fully saturated rings. The number of nitrogens with two attached hydrogens (primary N) is 1. The third-order valence-electron chi connectivity index (χ3n) is 7.70. The van der Waals surface area contributed by atoms with Crippen molar-refractivity contribution in [1.29, 1.82) is 0 Å². The summed E-state index contributed by atoms with van der Waals surface area (Å²) in [6.45, 7) is 2.11. The van der Waals surface area contributed by atoms with Crippen LogP contribution in [0.2, 0.25) is 0 Å². The molecular weight excluding hydrogens is 442 g/mol. The Morgan fingerprint density at radius 1 is 1.14 bits per heavy atom.